The van der Waals surface area contributed by atoms with E-state index in [1.165, 1.54) is 5.56 Å². The quantitative estimate of drug-likeness (QED) is 0.801. The Balaban J connectivity index is 1.44. The van der Waals surface area contributed by atoms with Gasteiger partial charge >= 0.3 is 0 Å². The van der Waals surface area contributed by atoms with E-state index >= 15 is 0 Å². The molecule has 24 heavy (non-hydrogen) atoms. The van der Waals surface area contributed by atoms with Crippen molar-refractivity contribution in [2.45, 2.75) is 18.5 Å². The zero-order valence-electron chi connectivity index (χ0n) is 13.5. The van der Waals surface area contributed by atoms with Crippen LogP contribution >= 0.6 is 0 Å². The predicted molar refractivity (Wildman–Crippen MR) is 93.8 cm³/mol. The minimum atomic E-state index is 0.163. The van der Waals surface area contributed by atoms with E-state index in [0.29, 0.717) is 5.92 Å². The van der Waals surface area contributed by atoms with Crippen molar-refractivity contribution in [1.82, 2.24) is 19.9 Å². The molecule has 5 nitrogen and oxygen atoms in total. The van der Waals surface area contributed by atoms with E-state index in [2.05, 4.69) is 39.4 Å². The van der Waals surface area contributed by atoms with Crippen LogP contribution in [0.4, 0.5) is 0 Å². The molecule has 2 heterocycles. The smallest absolute Gasteiger partial charge is 0.0971 e. The molecule has 3 aromatic rings. The molecule has 2 N–H and O–H groups in total. The molecule has 0 radical (unpaired) electrons. The summed E-state index contributed by atoms with van der Waals surface area (Å²) in [5.74, 6) is 0.385. The maximum Gasteiger partial charge on any atom is 0.0971 e. The van der Waals surface area contributed by atoms with Crippen molar-refractivity contribution < 1.29 is 0 Å². The van der Waals surface area contributed by atoms with Gasteiger partial charge in [0.25, 0.3) is 0 Å². The largest absolute Gasteiger partial charge is 0.326 e. The molecule has 1 aliphatic rings. The Kier molecular flexibility index (Phi) is 4.11. The van der Waals surface area contributed by atoms with Gasteiger partial charge in [-0.25, -0.2) is 0 Å². The summed E-state index contributed by atoms with van der Waals surface area (Å²) in [6.45, 7) is 2.63. The topological polar surface area (TPSA) is 60.0 Å². The Morgan fingerprint density at radius 3 is 2.42 bits per heavy atom. The maximum absolute atomic E-state index is 6.37. The number of hydrogen-bond acceptors (Lipinski definition) is 4. The molecule has 0 spiro atoms. The summed E-state index contributed by atoms with van der Waals surface area (Å²) < 4.78 is 0. The van der Waals surface area contributed by atoms with Crippen molar-refractivity contribution in [3.63, 3.8) is 0 Å². The maximum atomic E-state index is 6.37. The van der Waals surface area contributed by atoms with Gasteiger partial charge in [-0.3, -0.25) is 4.90 Å². The molecule has 4 rings (SSSR count). The lowest BCUT2D eigenvalue weighted by Crippen LogP contribution is -2.28. The van der Waals surface area contributed by atoms with Crippen molar-refractivity contribution in [2.75, 3.05) is 13.1 Å². The number of hydrogen-bond donors (Lipinski definition) is 1. The molecule has 2 aromatic carbocycles. The number of likely N-dealkylation sites (tertiary alicyclic amines) is 1. The first-order valence-electron chi connectivity index (χ1n) is 8.29. The average Bonchev–Trinajstić information content (AvgIpc) is 3.23. The number of nitrogens with zero attached hydrogens (tertiary/aromatic N) is 4. The first-order valence-corrected chi connectivity index (χ1v) is 8.29. The van der Waals surface area contributed by atoms with Gasteiger partial charge in [0.05, 0.1) is 17.6 Å². The summed E-state index contributed by atoms with van der Waals surface area (Å²) >= 11 is 0. The summed E-state index contributed by atoms with van der Waals surface area (Å²) in [7, 11) is 0. The molecule has 1 fully saturated rings. The molecule has 2 atom stereocenters. The van der Waals surface area contributed by atoms with Crippen LogP contribution in [0.3, 0.4) is 0 Å². The standard InChI is InChI=1S/C19H21N5/c20-19-14-23(13-18(19)15-7-3-1-4-8-15)12-16-11-21-24(22-16)17-9-5-2-6-10-17/h1-11,18-19H,12-14,20H2/t18-,19+/m0/s1. The second-order valence-corrected chi connectivity index (χ2v) is 6.34. The number of benzene rings is 2. The summed E-state index contributed by atoms with van der Waals surface area (Å²) in [6.07, 6.45) is 1.84. The Bertz CT molecular complexity index is 784. The van der Waals surface area contributed by atoms with E-state index < -0.39 is 0 Å². The minimum absolute atomic E-state index is 0.163. The highest BCUT2D eigenvalue weighted by Gasteiger charge is 2.31. The van der Waals surface area contributed by atoms with E-state index in [-0.39, 0.29) is 6.04 Å². The van der Waals surface area contributed by atoms with Gasteiger partial charge < -0.3 is 5.73 Å². The Labute approximate surface area is 141 Å². The fourth-order valence-corrected chi connectivity index (χ4v) is 3.38. The molecule has 0 aliphatic carbocycles. The van der Waals surface area contributed by atoms with Crippen molar-refractivity contribution in [3.05, 3.63) is 78.1 Å². The predicted octanol–water partition coefficient (Wildman–Crippen LogP) is 2.19. The number of aromatic nitrogens is 3. The normalized spacial score (nSPS) is 21.2. The highest BCUT2D eigenvalue weighted by molar-refractivity contribution is 5.28. The lowest BCUT2D eigenvalue weighted by atomic mass is 9.95. The molecule has 0 amide bonds. The molecule has 0 saturated carbocycles. The number of nitrogens with two attached hydrogens (primary N) is 1. The molecule has 0 unspecified atom stereocenters. The second-order valence-electron chi connectivity index (χ2n) is 6.34. The SMILES string of the molecule is N[C@@H]1CN(Cc2cnn(-c3ccccc3)n2)C[C@H]1c1ccccc1. The Hall–Kier alpha value is -2.50. The molecular weight excluding hydrogens is 298 g/mol. The highest BCUT2D eigenvalue weighted by Crippen LogP contribution is 2.27. The number of para-hydroxylation sites is 1. The van der Waals surface area contributed by atoms with E-state index in [4.69, 9.17) is 5.73 Å². The summed E-state index contributed by atoms with van der Waals surface area (Å²) in [5, 5.41) is 8.96. The Morgan fingerprint density at radius 2 is 1.67 bits per heavy atom. The van der Waals surface area contributed by atoms with Gasteiger partial charge in [0.15, 0.2) is 0 Å². The van der Waals surface area contributed by atoms with Crippen molar-refractivity contribution in [1.29, 1.82) is 0 Å². The van der Waals surface area contributed by atoms with Crippen LogP contribution in [0, 0.1) is 0 Å². The molecule has 122 valence electrons. The van der Waals surface area contributed by atoms with Crippen molar-refractivity contribution in [3.8, 4) is 5.69 Å². The van der Waals surface area contributed by atoms with Crippen LogP contribution < -0.4 is 5.73 Å². The summed E-state index contributed by atoms with van der Waals surface area (Å²) in [4.78, 5) is 4.04. The van der Waals surface area contributed by atoms with E-state index in [9.17, 15) is 0 Å². The van der Waals surface area contributed by atoms with Crippen LogP contribution in [-0.4, -0.2) is 39.0 Å². The fraction of sp³-hybridized carbons (Fsp3) is 0.263. The molecule has 1 aromatic heterocycles. The first kappa shape index (κ1) is 15.1. The van der Waals surface area contributed by atoms with Gasteiger partial charge in [-0.2, -0.15) is 15.0 Å². The Morgan fingerprint density at radius 1 is 0.958 bits per heavy atom. The lowest BCUT2D eigenvalue weighted by Gasteiger charge is -2.14. The van der Waals surface area contributed by atoms with Gasteiger partial charge in [-0.1, -0.05) is 48.5 Å². The zero-order valence-corrected chi connectivity index (χ0v) is 13.5. The zero-order chi connectivity index (χ0) is 16.4. The third-order valence-electron chi connectivity index (χ3n) is 4.58. The number of rotatable bonds is 4. The average molecular weight is 319 g/mol. The van der Waals surface area contributed by atoms with Crippen LogP contribution in [0.25, 0.3) is 5.69 Å². The fourth-order valence-electron chi connectivity index (χ4n) is 3.38. The lowest BCUT2D eigenvalue weighted by molar-refractivity contribution is 0.319. The minimum Gasteiger partial charge on any atom is -0.326 e. The van der Waals surface area contributed by atoms with Crippen molar-refractivity contribution in [2.24, 2.45) is 5.73 Å². The highest BCUT2D eigenvalue weighted by atomic mass is 15.5. The molecule has 1 saturated heterocycles. The van der Waals surface area contributed by atoms with Crippen LogP contribution in [0.1, 0.15) is 17.2 Å². The van der Waals surface area contributed by atoms with Crippen LogP contribution in [0.5, 0.6) is 0 Å². The molecule has 5 heteroatoms. The molecule has 0 bridgehead atoms. The summed E-state index contributed by atoms with van der Waals surface area (Å²) in [6, 6.07) is 20.7. The third kappa shape index (κ3) is 3.09. The molecular formula is C19H21N5. The van der Waals surface area contributed by atoms with Gasteiger partial charge in [0, 0.05) is 31.6 Å². The van der Waals surface area contributed by atoms with Gasteiger partial charge in [0.2, 0.25) is 0 Å². The third-order valence-corrected chi connectivity index (χ3v) is 4.58. The van der Waals surface area contributed by atoms with Gasteiger partial charge in [-0.15, -0.1) is 0 Å². The van der Waals surface area contributed by atoms with Crippen LogP contribution in [0.2, 0.25) is 0 Å². The first-order chi connectivity index (χ1) is 11.8. The van der Waals surface area contributed by atoms with Gasteiger partial charge in [0.1, 0.15) is 0 Å². The second kappa shape index (κ2) is 6.55. The van der Waals surface area contributed by atoms with Crippen LogP contribution in [0.15, 0.2) is 66.9 Å². The van der Waals surface area contributed by atoms with Crippen molar-refractivity contribution >= 4 is 0 Å². The summed E-state index contributed by atoms with van der Waals surface area (Å²) in [5.41, 5.74) is 9.64. The molecule has 1 aliphatic heterocycles. The van der Waals surface area contributed by atoms with E-state index in [0.717, 1.165) is 31.0 Å². The van der Waals surface area contributed by atoms with E-state index in [1.54, 1.807) is 4.80 Å². The van der Waals surface area contributed by atoms with Crippen LogP contribution in [-0.2, 0) is 6.54 Å². The monoisotopic (exact) mass is 319 g/mol. The van der Waals surface area contributed by atoms with E-state index in [1.807, 2.05) is 42.6 Å². The van der Waals surface area contributed by atoms with Gasteiger partial charge in [-0.05, 0) is 17.7 Å².